The fourth-order valence-corrected chi connectivity index (χ4v) is 2.90. The quantitative estimate of drug-likeness (QED) is 0.781. The van der Waals surface area contributed by atoms with E-state index in [9.17, 15) is 9.59 Å². The maximum atomic E-state index is 11.9. The maximum absolute atomic E-state index is 11.9. The summed E-state index contributed by atoms with van der Waals surface area (Å²) in [5.41, 5.74) is 2.94. The summed E-state index contributed by atoms with van der Waals surface area (Å²) in [5, 5.41) is 6.78. The monoisotopic (exact) mass is 331 g/mol. The molecule has 0 aliphatic heterocycles. The summed E-state index contributed by atoms with van der Waals surface area (Å²) in [7, 11) is 0. The Hall–Kier alpha value is -2.14. The van der Waals surface area contributed by atoms with Crippen molar-refractivity contribution in [3.8, 4) is 0 Å². The van der Waals surface area contributed by atoms with E-state index in [-0.39, 0.29) is 24.9 Å². The van der Waals surface area contributed by atoms with Gasteiger partial charge in [-0.25, -0.2) is 0 Å². The molecule has 0 radical (unpaired) electrons. The van der Waals surface area contributed by atoms with Gasteiger partial charge in [0, 0.05) is 12.1 Å². The fraction of sp³-hybridized carbons (Fsp3) is 0.333. The molecule has 4 nitrogen and oxygen atoms in total. The van der Waals surface area contributed by atoms with Crippen molar-refractivity contribution in [3.63, 3.8) is 0 Å². The van der Waals surface area contributed by atoms with Gasteiger partial charge in [0.25, 0.3) is 5.91 Å². The molecule has 23 heavy (non-hydrogen) atoms. The molecule has 0 saturated carbocycles. The second kappa shape index (κ2) is 8.48. The number of benzene rings is 1. The van der Waals surface area contributed by atoms with Gasteiger partial charge in [0.1, 0.15) is 0 Å². The zero-order chi connectivity index (χ0) is 16.7. The molecular weight excluding hydrogens is 310 g/mol. The predicted molar refractivity (Wildman–Crippen MR) is 92.8 cm³/mol. The Morgan fingerprint density at radius 1 is 1.22 bits per heavy atom. The minimum Gasteiger partial charge on any atom is -0.456 e. The van der Waals surface area contributed by atoms with E-state index < -0.39 is 0 Å². The van der Waals surface area contributed by atoms with Crippen LogP contribution in [0.4, 0.5) is 5.69 Å². The molecule has 1 aromatic carbocycles. The van der Waals surface area contributed by atoms with Gasteiger partial charge in [-0.15, -0.1) is 0 Å². The molecule has 0 fully saturated rings. The van der Waals surface area contributed by atoms with Crippen molar-refractivity contribution in [3.05, 3.63) is 52.2 Å². The number of anilines is 1. The Bertz CT molecular complexity index is 650. The van der Waals surface area contributed by atoms with Crippen LogP contribution in [0.25, 0.3) is 0 Å². The lowest BCUT2D eigenvalue weighted by Gasteiger charge is -2.13. The Morgan fingerprint density at radius 3 is 2.70 bits per heavy atom. The molecule has 1 heterocycles. The van der Waals surface area contributed by atoms with Crippen molar-refractivity contribution in [2.24, 2.45) is 0 Å². The van der Waals surface area contributed by atoms with Crippen molar-refractivity contribution in [2.75, 3.05) is 11.9 Å². The number of ether oxygens (including phenoxy) is 1. The van der Waals surface area contributed by atoms with E-state index in [1.54, 1.807) is 11.3 Å². The van der Waals surface area contributed by atoms with Crippen molar-refractivity contribution in [1.82, 2.24) is 0 Å². The van der Waals surface area contributed by atoms with Crippen LogP contribution in [0, 0.1) is 0 Å². The average Bonchev–Trinajstić information content (AvgIpc) is 3.04. The first-order valence-corrected chi connectivity index (χ1v) is 8.56. The van der Waals surface area contributed by atoms with E-state index in [0.29, 0.717) is 12.3 Å². The van der Waals surface area contributed by atoms with E-state index in [1.807, 2.05) is 41.1 Å². The minimum atomic E-state index is -0.358. The molecule has 0 spiro atoms. The predicted octanol–water partition coefficient (Wildman–Crippen LogP) is 3.99. The van der Waals surface area contributed by atoms with E-state index in [2.05, 4.69) is 19.2 Å². The summed E-state index contributed by atoms with van der Waals surface area (Å²) >= 11 is 1.60. The molecule has 0 aliphatic carbocycles. The minimum absolute atomic E-state index is 0.255. The van der Waals surface area contributed by atoms with Gasteiger partial charge in [0.05, 0.1) is 0 Å². The lowest BCUT2D eigenvalue weighted by atomic mass is 10.0. The summed E-state index contributed by atoms with van der Waals surface area (Å²) in [6.45, 7) is 3.87. The molecule has 1 N–H and O–H groups in total. The highest BCUT2D eigenvalue weighted by atomic mass is 32.1. The summed E-state index contributed by atoms with van der Waals surface area (Å²) in [4.78, 5) is 23.6. The number of hydrogen-bond acceptors (Lipinski definition) is 4. The van der Waals surface area contributed by atoms with E-state index in [0.717, 1.165) is 16.8 Å². The van der Waals surface area contributed by atoms with Crippen LogP contribution in [-0.4, -0.2) is 18.5 Å². The zero-order valence-corrected chi connectivity index (χ0v) is 14.2. The highest BCUT2D eigenvalue weighted by Crippen LogP contribution is 2.23. The third kappa shape index (κ3) is 5.53. The number of para-hydroxylation sites is 1. The third-order valence-electron chi connectivity index (χ3n) is 3.42. The Labute approximate surface area is 140 Å². The molecule has 2 rings (SSSR count). The molecule has 0 bridgehead atoms. The normalized spacial score (nSPS) is 10.6. The number of carbonyl (C=O) groups excluding carboxylic acids is 2. The SMILES string of the molecule is CC(C)c1ccccc1NC(=O)COC(=O)CCc1ccsc1. The fourth-order valence-electron chi connectivity index (χ4n) is 2.20. The summed E-state index contributed by atoms with van der Waals surface area (Å²) in [6, 6.07) is 9.62. The van der Waals surface area contributed by atoms with Crippen LogP contribution in [-0.2, 0) is 20.7 Å². The third-order valence-corrected chi connectivity index (χ3v) is 4.15. The smallest absolute Gasteiger partial charge is 0.306 e. The molecular formula is C18H21NO3S. The number of esters is 1. The molecule has 2 aromatic rings. The number of nitrogens with one attached hydrogen (secondary N) is 1. The number of rotatable bonds is 7. The lowest BCUT2D eigenvalue weighted by Crippen LogP contribution is -2.21. The Kier molecular flexibility index (Phi) is 6.35. The van der Waals surface area contributed by atoms with Gasteiger partial charge in [-0.1, -0.05) is 32.0 Å². The van der Waals surface area contributed by atoms with Crippen LogP contribution < -0.4 is 5.32 Å². The Balaban J connectivity index is 1.78. The highest BCUT2D eigenvalue weighted by molar-refractivity contribution is 7.07. The molecule has 122 valence electrons. The van der Waals surface area contributed by atoms with Crippen LogP contribution in [0.15, 0.2) is 41.1 Å². The highest BCUT2D eigenvalue weighted by Gasteiger charge is 2.11. The Morgan fingerprint density at radius 2 is 2.00 bits per heavy atom. The lowest BCUT2D eigenvalue weighted by molar-refractivity contribution is -0.147. The number of amides is 1. The van der Waals surface area contributed by atoms with Crippen LogP contribution in [0.3, 0.4) is 0 Å². The second-order valence-corrected chi connectivity index (χ2v) is 6.36. The van der Waals surface area contributed by atoms with Gasteiger partial charge >= 0.3 is 5.97 Å². The molecule has 1 amide bonds. The molecule has 0 saturated heterocycles. The molecule has 5 heteroatoms. The second-order valence-electron chi connectivity index (χ2n) is 5.58. The van der Waals surface area contributed by atoms with Gasteiger partial charge in [-0.3, -0.25) is 9.59 Å². The first-order valence-electron chi connectivity index (χ1n) is 7.61. The maximum Gasteiger partial charge on any atom is 0.306 e. The number of hydrogen-bond donors (Lipinski definition) is 1. The number of aryl methyl sites for hydroxylation is 1. The van der Waals surface area contributed by atoms with Crippen LogP contribution >= 0.6 is 11.3 Å². The first kappa shape index (κ1) is 17.2. The van der Waals surface area contributed by atoms with Gasteiger partial charge < -0.3 is 10.1 Å². The van der Waals surface area contributed by atoms with E-state index in [1.165, 1.54) is 0 Å². The number of thiophene rings is 1. The summed E-state index contributed by atoms with van der Waals surface area (Å²) < 4.78 is 5.03. The van der Waals surface area contributed by atoms with Gasteiger partial charge in [-0.05, 0) is 46.4 Å². The molecule has 0 unspecified atom stereocenters. The first-order chi connectivity index (χ1) is 11.1. The molecule has 0 aliphatic rings. The average molecular weight is 331 g/mol. The van der Waals surface area contributed by atoms with Gasteiger partial charge in [-0.2, -0.15) is 11.3 Å². The summed E-state index contributed by atoms with van der Waals surface area (Å²) in [6.07, 6.45) is 0.923. The summed E-state index contributed by atoms with van der Waals surface area (Å²) in [5.74, 6) is -0.370. The molecule has 0 atom stereocenters. The number of carbonyl (C=O) groups is 2. The van der Waals surface area contributed by atoms with Crippen LogP contribution in [0.2, 0.25) is 0 Å². The van der Waals surface area contributed by atoms with Crippen molar-refractivity contribution < 1.29 is 14.3 Å². The zero-order valence-electron chi connectivity index (χ0n) is 13.4. The van der Waals surface area contributed by atoms with Crippen molar-refractivity contribution in [1.29, 1.82) is 0 Å². The van der Waals surface area contributed by atoms with Crippen molar-refractivity contribution in [2.45, 2.75) is 32.6 Å². The largest absolute Gasteiger partial charge is 0.456 e. The molecule has 1 aromatic heterocycles. The van der Waals surface area contributed by atoms with Gasteiger partial charge in [0.15, 0.2) is 6.61 Å². The van der Waals surface area contributed by atoms with Crippen molar-refractivity contribution >= 4 is 28.9 Å². The standard InChI is InChI=1S/C18H21NO3S/c1-13(2)15-5-3-4-6-16(15)19-17(20)11-22-18(21)8-7-14-9-10-23-12-14/h3-6,9-10,12-13H,7-8,11H2,1-2H3,(H,19,20). The topological polar surface area (TPSA) is 55.4 Å². The van der Waals surface area contributed by atoms with E-state index in [4.69, 9.17) is 4.74 Å². The van der Waals surface area contributed by atoms with E-state index >= 15 is 0 Å². The van der Waals surface area contributed by atoms with Gasteiger partial charge in [0.2, 0.25) is 0 Å². The van der Waals surface area contributed by atoms with Crippen LogP contribution in [0.5, 0.6) is 0 Å². The van der Waals surface area contributed by atoms with Crippen LogP contribution in [0.1, 0.15) is 37.3 Å².